The van der Waals surface area contributed by atoms with E-state index in [2.05, 4.69) is 22.0 Å². The van der Waals surface area contributed by atoms with Gasteiger partial charge in [0.05, 0.1) is 7.11 Å². The van der Waals surface area contributed by atoms with E-state index in [1.54, 1.807) is 7.11 Å². The number of aryl methyl sites for hydroxylation is 1. The van der Waals surface area contributed by atoms with E-state index in [1.165, 1.54) is 5.56 Å². The second-order valence-corrected chi connectivity index (χ2v) is 5.30. The molecule has 1 aromatic rings. The molecule has 0 atom stereocenters. The SMILES string of the molecule is COc1ccc(Br)c(CCC(C)(C)N)c1. The van der Waals surface area contributed by atoms with Crippen LogP contribution in [0.4, 0.5) is 0 Å². The minimum Gasteiger partial charge on any atom is -0.497 e. The molecule has 2 nitrogen and oxygen atoms in total. The highest BCUT2D eigenvalue weighted by Gasteiger charge is 2.12. The van der Waals surface area contributed by atoms with Gasteiger partial charge >= 0.3 is 0 Å². The first kappa shape index (κ1) is 12.5. The third-order valence-corrected chi connectivity index (χ3v) is 3.07. The van der Waals surface area contributed by atoms with Crippen LogP contribution in [-0.4, -0.2) is 12.6 Å². The molecule has 0 spiro atoms. The summed E-state index contributed by atoms with van der Waals surface area (Å²) >= 11 is 3.53. The molecular formula is C12H18BrNO. The maximum absolute atomic E-state index is 5.96. The lowest BCUT2D eigenvalue weighted by atomic mass is 9.96. The summed E-state index contributed by atoms with van der Waals surface area (Å²) in [5.74, 6) is 0.892. The summed E-state index contributed by atoms with van der Waals surface area (Å²) in [6.45, 7) is 4.09. The highest BCUT2D eigenvalue weighted by atomic mass is 79.9. The van der Waals surface area contributed by atoms with Gasteiger partial charge in [-0.15, -0.1) is 0 Å². The van der Waals surface area contributed by atoms with Crippen LogP contribution in [0.15, 0.2) is 22.7 Å². The van der Waals surface area contributed by atoms with Crippen molar-refractivity contribution in [3.05, 3.63) is 28.2 Å². The minimum atomic E-state index is -0.123. The quantitative estimate of drug-likeness (QED) is 0.914. The van der Waals surface area contributed by atoms with E-state index in [9.17, 15) is 0 Å². The van der Waals surface area contributed by atoms with Crippen molar-refractivity contribution < 1.29 is 4.74 Å². The van der Waals surface area contributed by atoms with Gasteiger partial charge in [0.15, 0.2) is 0 Å². The highest BCUT2D eigenvalue weighted by Crippen LogP contribution is 2.24. The van der Waals surface area contributed by atoms with Crippen LogP contribution < -0.4 is 10.5 Å². The van der Waals surface area contributed by atoms with Gasteiger partial charge < -0.3 is 10.5 Å². The standard InChI is InChI=1S/C12H18BrNO/c1-12(2,14)7-6-9-8-10(15-3)4-5-11(9)13/h4-5,8H,6-7,14H2,1-3H3. The van der Waals surface area contributed by atoms with Gasteiger partial charge in [0.25, 0.3) is 0 Å². The van der Waals surface area contributed by atoms with Gasteiger partial charge in [-0.25, -0.2) is 0 Å². The van der Waals surface area contributed by atoms with E-state index in [0.29, 0.717) is 0 Å². The molecule has 2 N–H and O–H groups in total. The van der Waals surface area contributed by atoms with Crippen molar-refractivity contribution in [2.75, 3.05) is 7.11 Å². The molecule has 0 bridgehead atoms. The Kier molecular flexibility index (Phi) is 4.17. The van der Waals surface area contributed by atoms with E-state index in [4.69, 9.17) is 10.5 Å². The van der Waals surface area contributed by atoms with Crippen molar-refractivity contribution in [2.45, 2.75) is 32.2 Å². The number of ether oxygens (including phenoxy) is 1. The van der Waals surface area contributed by atoms with E-state index >= 15 is 0 Å². The Labute approximate surface area is 99.9 Å². The van der Waals surface area contributed by atoms with Crippen molar-refractivity contribution >= 4 is 15.9 Å². The molecule has 0 heterocycles. The normalized spacial score (nSPS) is 11.5. The van der Waals surface area contributed by atoms with Gasteiger partial charge in [-0.2, -0.15) is 0 Å². The van der Waals surface area contributed by atoms with Gasteiger partial charge in [0, 0.05) is 10.0 Å². The first-order chi connectivity index (χ1) is 6.92. The third kappa shape index (κ3) is 4.22. The molecule has 15 heavy (non-hydrogen) atoms. The van der Waals surface area contributed by atoms with Crippen LogP contribution in [0.3, 0.4) is 0 Å². The Bertz CT molecular complexity index is 331. The topological polar surface area (TPSA) is 35.2 Å². The molecule has 0 aliphatic heterocycles. The molecule has 0 radical (unpaired) electrons. The van der Waals surface area contributed by atoms with E-state index < -0.39 is 0 Å². The average Bonchev–Trinajstić information content (AvgIpc) is 2.15. The summed E-state index contributed by atoms with van der Waals surface area (Å²) < 4.78 is 6.31. The largest absolute Gasteiger partial charge is 0.497 e. The summed E-state index contributed by atoms with van der Waals surface area (Å²) in [5.41, 5.74) is 7.08. The molecule has 0 unspecified atom stereocenters. The summed E-state index contributed by atoms with van der Waals surface area (Å²) in [4.78, 5) is 0. The lowest BCUT2D eigenvalue weighted by Crippen LogP contribution is -2.32. The Morgan fingerprint density at radius 3 is 2.60 bits per heavy atom. The van der Waals surface area contributed by atoms with E-state index in [-0.39, 0.29) is 5.54 Å². The van der Waals surface area contributed by atoms with Gasteiger partial charge in [0.2, 0.25) is 0 Å². The maximum atomic E-state index is 5.96. The minimum absolute atomic E-state index is 0.123. The maximum Gasteiger partial charge on any atom is 0.119 e. The summed E-state index contributed by atoms with van der Waals surface area (Å²) in [5, 5.41) is 0. The monoisotopic (exact) mass is 271 g/mol. The molecule has 0 fully saturated rings. The third-order valence-electron chi connectivity index (χ3n) is 2.29. The Morgan fingerprint density at radius 2 is 2.07 bits per heavy atom. The number of methoxy groups -OCH3 is 1. The van der Waals surface area contributed by atoms with Crippen molar-refractivity contribution in [3.63, 3.8) is 0 Å². The fourth-order valence-corrected chi connectivity index (χ4v) is 1.77. The molecule has 0 saturated carbocycles. The summed E-state index contributed by atoms with van der Waals surface area (Å²) in [7, 11) is 1.68. The number of hydrogen-bond donors (Lipinski definition) is 1. The predicted octanol–water partition coefficient (Wildman–Crippen LogP) is 3.13. The van der Waals surface area contributed by atoms with Crippen LogP contribution in [0.1, 0.15) is 25.8 Å². The summed E-state index contributed by atoms with van der Waals surface area (Å²) in [6, 6.07) is 6.01. The van der Waals surface area contributed by atoms with Crippen molar-refractivity contribution in [1.29, 1.82) is 0 Å². The first-order valence-electron chi connectivity index (χ1n) is 5.04. The van der Waals surface area contributed by atoms with Crippen LogP contribution in [0, 0.1) is 0 Å². The highest BCUT2D eigenvalue weighted by molar-refractivity contribution is 9.10. The fraction of sp³-hybridized carbons (Fsp3) is 0.500. The Balaban J connectivity index is 2.75. The molecular weight excluding hydrogens is 254 g/mol. The molecule has 0 aliphatic carbocycles. The van der Waals surface area contributed by atoms with Gasteiger partial charge in [0.1, 0.15) is 5.75 Å². The van der Waals surface area contributed by atoms with Crippen LogP contribution in [0.5, 0.6) is 5.75 Å². The van der Waals surface area contributed by atoms with Crippen molar-refractivity contribution in [2.24, 2.45) is 5.73 Å². The van der Waals surface area contributed by atoms with Crippen LogP contribution in [0.25, 0.3) is 0 Å². The van der Waals surface area contributed by atoms with Gasteiger partial charge in [-0.1, -0.05) is 15.9 Å². The van der Waals surface area contributed by atoms with Crippen molar-refractivity contribution in [3.8, 4) is 5.75 Å². The fourth-order valence-electron chi connectivity index (χ4n) is 1.33. The molecule has 0 amide bonds. The van der Waals surface area contributed by atoms with E-state index in [0.717, 1.165) is 23.1 Å². The lowest BCUT2D eigenvalue weighted by molar-refractivity contribution is 0.413. The number of benzene rings is 1. The van der Waals surface area contributed by atoms with Crippen LogP contribution >= 0.6 is 15.9 Å². The zero-order chi connectivity index (χ0) is 11.5. The second-order valence-electron chi connectivity index (χ2n) is 4.45. The zero-order valence-corrected chi connectivity index (χ0v) is 11.1. The van der Waals surface area contributed by atoms with E-state index in [1.807, 2.05) is 26.0 Å². The molecule has 1 aromatic carbocycles. The van der Waals surface area contributed by atoms with Crippen molar-refractivity contribution in [1.82, 2.24) is 0 Å². The zero-order valence-electron chi connectivity index (χ0n) is 9.51. The van der Waals surface area contributed by atoms with Gasteiger partial charge in [-0.05, 0) is 50.5 Å². The smallest absolute Gasteiger partial charge is 0.119 e. The lowest BCUT2D eigenvalue weighted by Gasteiger charge is -2.18. The Hall–Kier alpha value is -0.540. The van der Waals surface area contributed by atoms with Gasteiger partial charge in [-0.3, -0.25) is 0 Å². The predicted molar refractivity (Wildman–Crippen MR) is 67.3 cm³/mol. The Morgan fingerprint density at radius 1 is 1.40 bits per heavy atom. The first-order valence-corrected chi connectivity index (χ1v) is 5.83. The van der Waals surface area contributed by atoms with Crippen LogP contribution in [-0.2, 0) is 6.42 Å². The second kappa shape index (κ2) is 4.99. The summed E-state index contributed by atoms with van der Waals surface area (Å²) in [6.07, 6.45) is 1.92. The number of nitrogens with two attached hydrogens (primary N) is 1. The molecule has 0 saturated heterocycles. The van der Waals surface area contributed by atoms with Crippen LogP contribution in [0.2, 0.25) is 0 Å². The number of halogens is 1. The molecule has 0 aliphatic rings. The average molecular weight is 272 g/mol. The molecule has 1 rings (SSSR count). The number of hydrogen-bond acceptors (Lipinski definition) is 2. The molecule has 0 aromatic heterocycles. The molecule has 84 valence electrons. The number of rotatable bonds is 4. The molecule has 3 heteroatoms.